The Hall–Kier alpha value is -1.60. The molecule has 1 aromatic rings. The topological polar surface area (TPSA) is 49.2 Å². The Bertz CT molecular complexity index is 413. The van der Waals surface area contributed by atoms with Crippen LogP contribution < -0.4 is 4.90 Å². The van der Waals surface area contributed by atoms with Crippen molar-refractivity contribution in [3.63, 3.8) is 0 Å². The Balaban J connectivity index is 2.16. The molecule has 0 aromatic carbocycles. The van der Waals surface area contributed by atoms with Crippen LogP contribution in [0, 0.1) is 11.3 Å². The van der Waals surface area contributed by atoms with Crippen LogP contribution in [0.4, 0.5) is 5.69 Å². The normalized spacial score (nSPS) is 20.7. The summed E-state index contributed by atoms with van der Waals surface area (Å²) >= 11 is 0. The fourth-order valence-corrected chi connectivity index (χ4v) is 2.05. The quantitative estimate of drug-likeness (QED) is 0.780. The van der Waals surface area contributed by atoms with Gasteiger partial charge in [-0.25, -0.2) is 4.98 Å². The summed E-state index contributed by atoms with van der Waals surface area (Å²) in [5, 5.41) is 8.86. The number of hydrogen-bond acceptors (Lipinski definition) is 4. The molecule has 0 amide bonds. The third-order valence-corrected chi connectivity index (χ3v) is 3.03. The van der Waals surface area contributed by atoms with Crippen LogP contribution in [0.3, 0.4) is 0 Å². The highest BCUT2D eigenvalue weighted by molar-refractivity contribution is 5.48. The largest absolute Gasteiger partial charge is 0.376 e. The zero-order chi connectivity index (χ0) is 12.1. The molecule has 0 saturated carbocycles. The van der Waals surface area contributed by atoms with Crippen LogP contribution in [0.25, 0.3) is 0 Å². The maximum Gasteiger partial charge on any atom is 0.142 e. The Labute approximate surface area is 102 Å². The number of rotatable bonds is 2. The summed E-state index contributed by atoms with van der Waals surface area (Å²) in [6.45, 7) is 4.84. The van der Waals surface area contributed by atoms with Gasteiger partial charge in [-0.3, -0.25) is 0 Å². The highest BCUT2D eigenvalue weighted by Gasteiger charge is 2.17. The molecule has 90 valence electrons. The predicted octanol–water partition coefficient (Wildman–Crippen LogP) is 1.96. The average Bonchev–Trinajstić information content (AvgIpc) is 2.64. The van der Waals surface area contributed by atoms with Crippen molar-refractivity contribution in [2.24, 2.45) is 0 Å². The summed E-state index contributed by atoms with van der Waals surface area (Å²) in [6.07, 6.45) is 4.03. The minimum absolute atomic E-state index is 0.288. The highest BCUT2D eigenvalue weighted by atomic mass is 16.5. The van der Waals surface area contributed by atoms with Gasteiger partial charge < -0.3 is 9.64 Å². The van der Waals surface area contributed by atoms with E-state index in [9.17, 15) is 0 Å². The standard InChI is InChI=1S/C13H17N3O/c1-2-13-10-16(6-3-7-17-13)12-4-5-15-11(8-12)9-14/h4-5,8,13H,2-3,6-7,10H2,1H3. The number of aromatic nitrogens is 1. The van der Waals surface area contributed by atoms with Gasteiger partial charge >= 0.3 is 0 Å². The van der Waals surface area contributed by atoms with Gasteiger partial charge in [0.15, 0.2) is 0 Å². The third-order valence-electron chi connectivity index (χ3n) is 3.03. The second kappa shape index (κ2) is 5.65. The lowest BCUT2D eigenvalue weighted by atomic mass is 10.2. The smallest absolute Gasteiger partial charge is 0.142 e. The molecule has 4 heteroatoms. The molecular formula is C13H17N3O. The Morgan fingerprint density at radius 3 is 3.29 bits per heavy atom. The van der Waals surface area contributed by atoms with Crippen LogP contribution in [0.2, 0.25) is 0 Å². The fraction of sp³-hybridized carbons (Fsp3) is 0.538. The van der Waals surface area contributed by atoms with Gasteiger partial charge in [0, 0.05) is 31.6 Å². The van der Waals surface area contributed by atoms with Gasteiger partial charge in [-0.2, -0.15) is 5.26 Å². The minimum atomic E-state index is 0.288. The minimum Gasteiger partial charge on any atom is -0.376 e. The lowest BCUT2D eigenvalue weighted by Crippen LogP contribution is -2.31. The fourth-order valence-electron chi connectivity index (χ4n) is 2.05. The maximum absolute atomic E-state index is 8.86. The van der Waals surface area contributed by atoms with E-state index in [1.165, 1.54) is 0 Å². The molecule has 0 bridgehead atoms. The average molecular weight is 231 g/mol. The summed E-state index contributed by atoms with van der Waals surface area (Å²) in [6, 6.07) is 5.88. The number of hydrogen-bond donors (Lipinski definition) is 0. The SMILES string of the molecule is CCC1CN(c2ccnc(C#N)c2)CCCO1. The first-order valence-corrected chi connectivity index (χ1v) is 6.06. The van der Waals surface area contributed by atoms with Crippen LogP contribution in [0.5, 0.6) is 0 Å². The predicted molar refractivity (Wildman–Crippen MR) is 65.8 cm³/mol. The van der Waals surface area contributed by atoms with Crippen molar-refractivity contribution in [2.45, 2.75) is 25.9 Å². The molecule has 4 nitrogen and oxygen atoms in total. The van der Waals surface area contributed by atoms with Crippen LogP contribution in [0.15, 0.2) is 18.3 Å². The van der Waals surface area contributed by atoms with Crippen molar-refractivity contribution < 1.29 is 4.74 Å². The van der Waals surface area contributed by atoms with E-state index in [4.69, 9.17) is 10.00 Å². The zero-order valence-corrected chi connectivity index (χ0v) is 10.1. The van der Waals surface area contributed by atoms with Gasteiger partial charge in [0.25, 0.3) is 0 Å². The van der Waals surface area contributed by atoms with Crippen LogP contribution >= 0.6 is 0 Å². The molecule has 1 fully saturated rings. The summed E-state index contributed by atoms with van der Waals surface area (Å²) in [4.78, 5) is 6.28. The highest BCUT2D eigenvalue weighted by Crippen LogP contribution is 2.18. The van der Waals surface area contributed by atoms with E-state index in [1.54, 1.807) is 6.20 Å². The lowest BCUT2D eigenvalue weighted by molar-refractivity contribution is 0.0664. The van der Waals surface area contributed by atoms with E-state index in [0.717, 1.165) is 38.2 Å². The van der Waals surface area contributed by atoms with Gasteiger partial charge in [0.1, 0.15) is 11.8 Å². The van der Waals surface area contributed by atoms with Gasteiger partial charge in [0.05, 0.1) is 6.10 Å². The van der Waals surface area contributed by atoms with Gasteiger partial charge in [-0.1, -0.05) is 6.92 Å². The second-order valence-corrected chi connectivity index (χ2v) is 4.21. The van der Waals surface area contributed by atoms with E-state index in [-0.39, 0.29) is 6.10 Å². The number of nitrogens with zero attached hydrogens (tertiary/aromatic N) is 3. The number of ether oxygens (including phenoxy) is 1. The summed E-state index contributed by atoms with van der Waals surface area (Å²) in [5.74, 6) is 0. The van der Waals surface area contributed by atoms with Gasteiger partial charge in [0.2, 0.25) is 0 Å². The van der Waals surface area contributed by atoms with Crippen molar-refractivity contribution in [1.29, 1.82) is 5.26 Å². The molecule has 2 heterocycles. The molecule has 1 aromatic heterocycles. The Morgan fingerprint density at radius 1 is 1.65 bits per heavy atom. The number of pyridine rings is 1. The van der Waals surface area contributed by atoms with Crippen LogP contribution in [-0.2, 0) is 4.74 Å². The van der Waals surface area contributed by atoms with E-state index >= 15 is 0 Å². The summed E-state index contributed by atoms with van der Waals surface area (Å²) in [7, 11) is 0. The molecule has 0 spiro atoms. The van der Waals surface area contributed by atoms with Crippen LogP contribution in [0.1, 0.15) is 25.5 Å². The Morgan fingerprint density at radius 2 is 2.53 bits per heavy atom. The van der Waals surface area contributed by atoms with E-state index in [1.807, 2.05) is 12.1 Å². The first-order valence-electron chi connectivity index (χ1n) is 6.06. The van der Waals surface area contributed by atoms with Gasteiger partial charge in [-0.05, 0) is 25.0 Å². The molecule has 17 heavy (non-hydrogen) atoms. The molecule has 2 rings (SSSR count). The van der Waals surface area contributed by atoms with Crippen molar-refractivity contribution in [2.75, 3.05) is 24.6 Å². The molecule has 0 N–H and O–H groups in total. The number of anilines is 1. The van der Waals surface area contributed by atoms with Crippen molar-refractivity contribution >= 4 is 5.69 Å². The van der Waals surface area contributed by atoms with E-state index < -0.39 is 0 Å². The Kier molecular flexibility index (Phi) is 3.94. The second-order valence-electron chi connectivity index (χ2n) is 4.21. The molecule has 1 aliphatic heterocycles. The molecule has 1 aliphatic rings. The molecule has 0 radical (unpaired) electrons. The van der Waals surface area contributed by atoms with Crippen molar-refractivity contribution in [1.82, 2.24) is 4.98 Å². The maximum atomic E-state index is 8.86. The molecular weight excluding hydrogens is 214 g/mol. The van der Waals surface area contributed by atoms with Crippen LogP contribution in [-0.4, -0.2) is 30.8 Å². The lowest BCUT2D eigenvalue weighted by Gasteiger charge is -2.25. The molecule has 1 atom stereocenters. The monoisotopic (exact) mass is 231 g/mol. The summed E-state index contributed by atoms with van der Waals surface area (Å²) in [5.41, 5.74) is 1.54. The van der Waals surface area contributed by atoms with Gasteiger partial charge in [-0.15, -0.1) is 0 Å². The zero-order valence-electron chi connectivity index (χ0n) is 10.1. The number of nitriles is 1. The first-order chi connectivity index (χ1) is 8.33. The van der Waals surface area contributed by atoms with E-state index in [0.29, 0.717) is 5.69 Å². The third kappa shape index (κ3) is 2.95. The first kappa shape index (κ1) is 11.9. The van der Waals surface area contributed by atoms with Crippen molar-refractivity contribution in [3.8, 4) is 6.07 Å². The summed E-state index contributed by atoms with van der Waals surface area (Å²) < 4.78 is 5.74. The van der Waals surface area contributed by atoms with Crippen molar-refractivity contribution in [3.05, 3.63) is 24.0 Å². The molecule has 1 saturated heterocycles. The molecule has 0 aliphatic carbocycles. The van der Waals surface area contributed by atoms with E-state index in [2.05, 4.69) is 22.9 Å². The molecule has 1 unspecified atom stereocenters.